The number of ether oxygens (including phenoxy) is 4. The monoisotopic (exact) mass is 754 g/mol. The number of anilines is 1. The molecule has 294 valence electrons. The molecule has 16 nitrogen and oxygen atoms in total. The van der Waals surface area contributed by atoms with Crippen LogP contribution in [0.3, 0.4) is 0 Å². The van der Waals surface area contributed by atoms with Gasteiger partial charge in [-0.05, 0) is 91.8 Å². The minimum atomic E-state index is -0.991. The Morgan fingerprint density at radius 2 is 1.09 bits per heavy atom. The maximum absolute atomic E-state index is 11.7. The molecule has 0 bridgehead atoms. The molecule has 54 heavy (non-hydrogen) atoms. The molecule has 0 radical (unpaired) electrons. The van der Waals surface area contributed by atoms with E-state index in [9.17, 15) is 38.9 Å². The topological polar surface area (TPSA) is 240 Å². The molecule has 4 N–H and O–H groups in total. The first-order chi connectivity index (χ1) is 24.9. The third-order valence-corrected chi connectivity index (χ3v) is 8.39. The number of ketones is 2. The van der Waals surface area contributed by atoms with Crippen LogP contribution in [0.5, 0.6) is 0 Å². The Labute approximate surface area is 313 Å². The molecule has 4 aromatic rings. The zero-order chi connectivity index (χ0) is 41.8. The van der Waals surface area contributed by atoms with Gasteiger partial charge in [-0.15, -0.1) is 0 Å². The van der Waals surface area contributed by atoms with Crippen molar-refractivity contribution in [3.05, 3.63) is 70.0 Å². The van der Waals surface area contributed by atoms with Crippen LogP contribution in [0.25, 0.3) is 21.8 Å². The van der Waals surface area contributed by atoms with Gasteiger partial charge in [0.2, 0.25) is 0 Å². The molecule has 0 aliphatic heterocycles. The van der Waals surface area contributed by atoms with Gasteiger partial charge in [0.05, 0.1) is 33.4 Å². The molecule has 0 atom stereocenters. The third-order valence-electron chi connectivity index (χ3n) is 8.39. The van der Waals surface area contributed by atoms with Gasteiger partial charge in [0.25, 0.3) is 5.69 Å². The summed E-state index contributed by atoms with van der Waals surface area (Å²) in [5.74, 6) is -1.95. The number of benzene rings is 2. The fraction of sp³-hybridized carbons (Fsp3) is 0.421. The lowest BCUT2D eigenvalue weighted by Gasteiger charge is -2.19. The number of methoxy groups -OCH3 is 4. The first-order valence-electron chi connectivity index (χ1n) is 16.4. The molecule has 2 aromatic carbocycles. The average Bonchev–Trinajstić information content (AvgIpc) is 3.75. The number of nitro groups is 1. The summed E-state index contributed by atoms with van der Waals surface area (Å²) in [4.78, 5) is 81.9. The van der Waals surface area contributed by atoms with Crippen LogP contribution in [0.4, 0.5) is 11.4 Å². The first kappa shape index (κ1) is 46.0. The lowest BCUT2D eigenvalue weighted by Crippen LogP contribution is -2.32. The van der Waals surface area contributed by atoms with Crippen molar-refractivity contribution < 1.29 is 52.6 Å². The molecule has 0 spiro atoms. The number of carbonyl (C=O) groups is 6. The van der Waals surface area contributed by atoms with E-state index >= 15 is 0 Å². The minimum absolute atomic E-state index is 0.0222. The van der Waals surface area contributed by atoms with Crippen molar-refractivity contribution in [3.63, 3.8) is 0 Å². The Hall–Kier alpha value is -6.06. The second-order valence-corrected chi connectivity index (χ2v) is 13.6. The number of fused-ring (bicyclic) bond motifs is 2. The van der Waals surface area contributed by atoms with Gasteiger partial charge in [0.15, 0.2) is 0 Å². The van der Waals surface area contributed by atoms with Gasteiger partial charge < -0.3 is 34.6 Å². The summed E-state index contributed by atoms with van der Waals surface area (Å²) in [6.45, 7) is 12.9. The number of non-ortho nitro benzene ring substituents is 1. The number of aromatic nitrogens is 2. The lowest BCUT2D eigenvalue weighted by atomic mass is 9.89. The number of carbonyl (C=O) groups excluding carboxylic acids is 6. The Morgan fingerprint density at radius 3 is 1.43 bits per heavy atom. The Morgan fingerprint density at radius 1 is 0.667 bits per heavy atom. The van der Waals surface area contributed by atoms with Gasteiger partial charge in [0.1, 0.15) is 34.2 Å². The molecule has 0 amide bonds. The predicted octanol–water partition coefficient (Wildman–Crippen LogP) is 5.64. The normalized spacial score (nSPS) is 11.0. The molecule has 0 saturated carbocycles. The number of rotatable bonds is 9. The molecule has 0 aliphatic carbocycles. The van der Waals surface area contributed by atoms with Crippen LogP contribution in [-0.2, 0) is 58.5 Å². The van der Waals surface area contributed by atoms with Crippen LogP contribution < -0.4 is 5.73 Å². The van der Waals surface area contributed by atoms with Crippen molar-refractivity contribution in [1.29, 1.82) is 0 Å². The number of nitrogens with one attached hydrogen (secondary N) is 2. The number of Topliss-reactive ketones (excluding diaryl/α,β-unsaturated/α-hetero) is 2. The van der Waals surface area contributed by atoms with E-state index in [4.69, 9.17) is 15.2 Å². The molecule has 16 heteroatoms. The molecule has 0 saturated heterocycles. The summed E-state index contributed by atoms with van der Waals surface area (Å²) in [7, 11) is 5.25. The maximum atomic E-state index is 11.7. The van der Waals surface area contributed by atoms with Crippen LogP contribution in [0.1, 0.15) is 73.2 Å². The SMILES string of the molecule is COC(=O)C(C)(C)C(C)=O.COC(=O)C(C)(C)c1cc2cc(N)ccc2[nH]1.COC(=O)C(C)(C)c1cc2cc([N+](=O)[O-])ccc2[nH]1.COC(=O)CC(C)=O. The van der Waals surface area contributed by atoms with Crippen LogP contribution in [-0.4, -0.2) is 78.8 Å². The molecule has 0 aliphatic rings. The summed E-state index contributed by atoms with van der Waals surface area (Å²) in [6, 6.07) is 13.8. The second-order valence-electron chi connectivity index (χ2n) is 13.6. The van der Waals surface area contributed by atoms with Crippen LogP contribution in [0.15, 0.2) is 48.5 Å². The summed E-state index contributed by atoms with van der Waals surface area (Å²) in [6.07, 6.45) is -0.115. The number of aromatic amines is 2. The highest BCUT2D eigenvalue weighted by Crippen LogP contribution is 2.30. The van der Waals surface area contributed by atoms with E-state index in [1.165, 1.54) is 54.4 Å². The van der Waals surface area contributed by atoms with Crippen molar-refractivity contribution in [2.24, 2.45) is 5.41 Å². The van der Waals surface area contributed by atoms with E-state index in [1.807, 2.05) is 38.1 Å². The smallest absolute Gasteiger partial charge is 0.318 e. The summed E-state index contributed by atoms with van der Waals surface area (Å²) in [5, 5.41) is 12.4. The van der Waals surface area contributed by atoms with Crippen LogP contribution in [0, 0.1) is 15.5 Å². The quantitative estimate of drug-likeness (QED) is 0.0469. The number of H-pyrrole nitrogens is 2. The van der Waals surface area contributed by atoms with Crippen LogP contribution >= 0.6 is 0 Å². The molecule has 4 rings (SSSR count). The average molecular weight is 755 g/mol. The highest BCUT2D eigenvalue weighted by atomic mass is 16.6. The van der Waals surface area contributed by atoms with Crippen molar-refractivity contribution in [1.82, 2.24) is 9.97 Å². The number of nitro benzene ring substituents is 1. The first-order valence-corrected chi connectivity index (χ1v) is 16.4. The zero-order valence-corrected chi connectivity index (χ0v) is 32.7. The number of hydrogen-bond donors (Lipinski definition) is 3. The number of nitrogen functional groups attached to an aromatic ring is 1. The van der Waals surface area contributed by atoms with Gasteiger partial charge in [-0.25, -0.2) is 0 Å². The van der Waals surface area contributed by atoms with Crippen molar-refractivity contribution >= 4 is 68.6 Å². The molecular formula is C38H50N4O12. The molecule has 0 unspecified atom stereocenters. The van der Waals surface area contributed by atoms with Gasteiger partial charge in [-0.3, -0.25) is 38.9 Å². The van der Waals surface area contributed by atoms with E-state index in [0.717, 1.165) is 22.1 Å². The standard InChI is InChI=1S/C13H14N2O4.C13H16N2O2.C7H12O3.C5H8O3/c1-13(2,12(16)19-3)11-7-8-6-9(15(17)18)4-5-10(8)14-11;1-13(2,12(16)17-3)11-7-8-6-9(14)4-5-10(8)15-11;1-5(8)7(2,3)6(9)10-4;1-4(6)3-5(7)8-2/h4-7,14H,1-3H3;4-7,15H,14H2,1-3H3;1-4H3;3H2,1-2H3. The molecule has 0 fully saturated rings. The molecule has 2 aromatic heterocycles. The number of esters is 4. The second kappa shape index (κ2) is 19.1. The molecule has 2 heterocycles. The minimum Gasteiger partial charge on any atom is -0.469 e. The largest absolute Gasteiger partial charge is 0.469 e. The lowest BCUT2D eigenvalue weighted by molar-refractivity contribution is -0.384. The summed E-state index contributed by atoms with van der Waals surface area (Å²) < 4.78 is 18.2. The van der Waals surface area contributed by atoms with Crippen LogP contribution in [0.2, 0.25) is 0 Å². The highest BCUT2D eigenvalue weighted by Gasteiger charge is 2.34. The summed E-state index contributed by atoms with van der Waals surface area (Å²) >= 11 is 0. The highest BCUT2D eigenvalue weighted by molar-refractivity contribution is 6.01. The van der Waals surface area contributed by atoms with E-state index in [2.05, 4.69) is 19.4 Å². The van der Waals surface area contributed by atoms with Gasteiger partial charge >= 0.3 is 23.9 Å². The zero-order valence-electron chi connectivity index (χ0n) is 32.7. The molecular weight excluding hydrogens is 704 g/mol. The van der Waals surface area contributed by atoms with E-state index in [0.29, 0.717) is 16.8 Å². The fourth-order valence-electron chi connectivity index (χ4n) is 4.46. The van der Waals surface area contributed by atoms with Gasteiger partial charge in [-0.1, -0.05) is 0 Å². The van der Waals surface area contributed by atoms with Crippen molar-refractivity contribution in [3.8, 4) is 0 Å². The maximum Gasteiger partial charge on any atom is 0.318 e. The third kappa shape index (κ3) is 12.0. The van der Waals surface area contributed by atoms with E-state index in [-0.39, 0.29) is 35.6 Å². The fourth-order valence-corrected chi connectivity index (χ4v) is 4.46. The Kier molecular flexibility index (Phi) is 16.3. The Balaban J connectivity index is 0.000000382. The van der Waals surface area contributed by atoms with Gasteiger partial charge in [0, 0.05) is 51.0 Å². The Bertz CT molecular complexity index is 2000. The number of nitrogens with zero attached hydrogens (tertiary/aromatic N) is 1. The van der Waals surface area contributed by atoms with E-state index < -0.39 is 33.1 Å². The number of hydrogen-bond acceptors (Lipinski definition) is 13. The summed E-state index contributed by atoms with van der Waals surface area (Å²) in [5.41, 5.74) is 7.14. The predicted molar refractivity (Wildman–Crippen MR) is 202 cm³/mol. The van der Waals surface area contributed by atoms with Crippen molar-refractivity contribution in [2.75, 3.05) is 34.2 Å². The number of nitrogens with two attached hydrogens (primary N) is 1. The van der Waals surface area contributed by atoms with E-state index in [1.54, 1.807) is 39.8 Å². The van der Waals surface area contributed by atoms with Crippen molar-refractivity contribution in [2.45, 2.75) is 72.6 Å². The van der Waals surface area contributed by atoms with Gasteiger partial charge in [-0.2, -0.15) is 0 Å².